The molecule has 1 heterocycles. The largest absolute Gasteiger partial charge is 0.284 e. The molecule has 0 unspecified atom stereocenters. The van der Waals surface area contributed by atoms with E-state index < -0.39 is 0 Å². The van der Waals surface area contributed by atoms with Gasteiger partial charge in [0.05, 0.1) is 5.69 Å². The van der Waals surface area contributed by atoms with Gasteiger partial charge in [0.15, 0.2) is 0 Å². The first-order valence-electron chi connectivity index (χ1n) is 6.19. The van der Waals surface area contributed by atoms with Crippen LogP contribution >= 0.6 is 0 Å². The highest BCUT2D eigenvalue weighted by Crippen LogP contribution is 2.15. The van der Waals surface area contributed by atoms with Gasteiger partial charge in [-0.2, -0.15) is 10.4 Å². The van der Waals surface area contributed by atoms with Gasteiger partial charge in [-0.1, -0.05) is 44.2 Å². The third kappa shape index (κ3) is 2.89. The van der Waals surface area contributed by atoms with E-state index in [2.05, 4.69) is 5.10 Å². The normalized spacial score (nSPS) is 10.4. The van der Waals surface area contributed by atoms with Gasteiger partial charge in [-0.15, -0.1) is 0 Å². The molecule has 0 saturated carbocycles. The van der Waals surface area contributed by atoms with Gasteiger partial charge in [0, 0.05) is 12.1 Å². The second-order valence-corrected chi connectivity index (χ2v) is 4.80. The summed E-state index contributed by atoms with van der Waals surface area (Å²) < 4.78 is 1.38. The summed E-state index contributed by atoms with van der Waals surface area (Å²) in [7, 11) is 0. The second kappa shape index (κ2) is 5.49. The Morgan fingerprint density at radius 3 is 2.58 bits per heavy atom. The molecular formula is C15H15N3O. The Labute approximate surface area is 111 Å². The predicted octanol–water partition coefficient (Wildman–Crippen LogP) is 2.44. The van der Waals surface area contributed by atoms with E-state index in [4.69, 9.17) is 5.26 Å². The van der Waals surface area contributed by atoms with Crippen LogP contribution in [0.2, 0.25) is 0 Å². The second-order valence-electron chi connectivity index (χ2n) is 4.80. The van der Waals surface area contributed by atoms with Crippen molar-refractivity contribution in [3.63, 3.8) is 0 Å². The van der Waals surface area contributed by atoms with Gasteiger partial charge in [0.1, 0.15) is 11.6 Å². The highest BCUT2D eigenvalue weighted by atomic mass is 16.1. The predicted molar refractivity (Wildman–Crippen MR) is 73.5 cm³/mol. The first kappa shape index (κ1) is 13.0. The minimum Gasteiger partial charge on any atom is -0.266 e. The van der Waals surface area contributed by atoms with E-state index in [1.807, 2.05) is 50.2 Å². The molecule has 1 aromatic heterocycles. The molecule has 2 rings (SSSR count). The highest BCUT2D eigenvalue weighted by Gasteiger charge is 2.10. The summed E-state index contributed by atoms with van der Waals surface area (Å²) in [6.07, 6.45) is 0. The molecule has 0 aliphatic heterocycles. The van der Waals surface area contributed by atoms with Gasteiger partial charge < -0.3 is 0 Å². The van der Waals surface area contributed by atoms with Crippen molar-refractivity contribution in [2.45, 2.75) is 20.4 Å². The fraction of sp³-hybridized carbons (Fsp3) is 0.267. The van der Waals surface area contributed by atoms with E-state index in [0.29, 0.717) is 18.2 Å². The van der Waals surface area contributed by atoms with Gasteiger partial charge in [0.25, 0.3) is 5.56 Å². The number of nitrogens with zero attached hydrogens (tertiary/aromatic N) is 3. The first-order chi connectivity index (χ1) is 9.11. The molecule has 0 aliphatic rings. The van der Waals surface area contributed by atoms with Crippen LogP contribution in [0.4, 0.5) is 0 Å². The topological polar surface area (TPSA) is 58.7 Å². The Morgan fingerprint density at radius 2 is 2.00 bits per heavy atom. The Morgan fingerprint density at radius 1 is 1.32 bits per heavy atom. The minimum atomic E-state index is -0.323. The quantitative estimate of drug-likeness (QED) is 0.844. The molecule has 0 radical (unpaired) electrons. The van der Waals surface area contributed by atoms with Crippen LogP contribution in [0, 0.1) is 17.2 Å². The van der Waals surface area contributed by atoms with Crippen molar-refractivity contribution in [2.24, 2.45) is 5.92 Å². The summed E-state index contributed by atoms with van der Waals surface area (Å²) in [5, 5.41) is 13.4. The zero-order valence-electron chi connectivity index (χ0n) is 11.0. The summed E-state index contributed by atoms with van der Waals surface area (Å²) in [5.41, 5.74) is 1.36. The Bertz CT molecular complexity index is 666. The molecule has 0 bridgehead atoms. The zero-order valence-corrected chi connectivity index (χ0v) is 11.0. The molecule has 0 spiro atoms. The van der Waals surface area contributed by atoms with Gasteiger partial charge in [0.2, 0.25) is 0 Å². The fourth-order valence-corrected chi connectivity index (χ4v) is 1.84. The van der Waals surface area contributed by atoms with Gasteiger partial charge in [-0.05, 0) is 12.0 Å². The maximum atomic E-state index is 12.0. The molecule has 96 valence electrons. The molecular weight excluding hydrogens is 238 g/mol. The van der Waals surface area contributed by atoms with E-state index >= 15 is 0 Å². The van der Waals surface area contributed by atoms with E-state index in [-0.39, 0.29) is 11.1 Å². The van der Waals surface area contributed by atoms with E-state index in [1.165, 1.54) is 4.68 Å². The van der Waals surface area contributed by atoms with Crippen LogP contribution in [0.15, 0.2) is 41.2 Å². The van der Waals surface area contributed by atoms with Crippen molar-refractivity contribution in [3.8, 4) is 17.3 Å². The number of benzene rings is 1. The van der Waals surface area contributed by atoms with Crippen LogP contribution in [0.5, 0.6) is 0 Å². The van der Waals surface area contributed by atoms with Crippen molar-refractivity contribution in [2.75, 3.05) is 0 Å². The Balaban J connectivity index is 2.58. The van der Waals surface area contributed by atoms with Crippen molar-refractivity contribution in [1.29, 1.82) is 5.26 Å². The molecule has 0 amide bonds. The standard InChI is InChI=1S/C15H15N3O/c1-11(2)10-18-15(19)13(9-16)8-14(17-18)12-6-4-3-5-7-12/h3-8,11H,10H2,1-2H3. The van der Waals surface area contributed by atoms with Gasteiger partial charge in [-0.3, -0.25) is 4.79 Å². The summed E-state index contributed by atoms with van der Waals surface area (Å²) in [6, 6.07) is 13.0. The van der Waals surface area contributed by atoms with Crippen LogP contribution in [-0.4, -0.2) is 9.78 Å². The number of hydrogen-bond donors (Lipinski definition) is 0. The third-order valence-corrected chi connectivity index (χ3v) is 2.70. The Hall–Kier alpha value is -2.41. The fourth-order valence-electron chi connectivity index (χ4n) is 1.84. The summed E-state index contributed by atoms with van der Waals surface area (Å²) in [5.74, 6) is 0.294. The van der Waals surface area contributed by atoms with Crippen LogP contribution in [0.25, 0.3) is 11.3 Å². The molecule has 4 heteroatoms. The van der Waals surface area contributed by atoms with Crippen molar-refractivity contribution in [1.82, 2.24) is 9.78 Å². The lowest BCUT2D eigenvalue weighted by molar-refractivity contribution is 0.464. The Kier molecular flexibility index (Phi) is 3.76. The minimum absolute atomic E-state index is 0.134. The molecule has 0 aliphatic carbocycles. The average molecular weight is 253 g/mol. The monoisotopic (exact) mass is 253 g/mol. The number of rotatable bonds is 3. The molecule has 4 nitrogen and oxygen atoms in total. The van der Waals surface area contributed by atoms with Crippen molar-refractivity contribution >= 4 is 0 Å². The summed E-state index contributed by atoms with van der Waals surface area (Å²) in [6.45, 7) is 4.53. The summed E-state index contributed by atoms with van der Waals surface area (Å²) >= 11 is 0. The van der Waals surface area contributed by atoms with E-state index in [9.17, 15) is 4.79 Å². The number of aromatic nitrogens is 2. The first-order valence-corrected chi connectivity index (χ1v) is 6.19. The molecule has 0 N–H and O–H groups in total. The van der Waals surface area contributed by atoms with E-state index in [1.54, 1.807) is 6.07 Å². The molecule has 19 heavy (non-hydrogen) atoms. The SMILES string of the molecule is CC(C)Cn1nc(-c2ccccc2)cc(C#N)c1=O. The lowest BCUT2D eigenvalue weighted by Crippen LogP contribution is -2.27. The van der Waals surface area contributed by atoms with Crippen LogP contribution in [-0.2, 0) is 6.54 Å². The summed E-state index contributed by atoms with van der Waals surface area (Å²) in [4.78, 5) is 12.0. The number of nitriles is 1. The van der Waals surface area contributed by atoms with Crippen LogP contribution < -0.4 is 5.56 Å². The van der Waals surface area contributed by atoms with Gasteiger partial charge in [-0.25, -0.2) is 4.68 Å². The number of hydrogen-bond acceptors (Lipinski definition) is 3. The molecule has 0 fully saturated rings. The smallest absolute Gasteiger partial charge is 0.266 e. The lowest BCUT2D eigenvalue weighted by Gasteiger charge is -2.10. The third-order valence-electron chi connectivity index (χ3n) is 2.70. The molecule has 1 aromatic carbocycles. The maximum absolute atomic E-state index is 12.0. The zero-order chi connectivity index (χ0) is 13.8. The van der Waals surface area contributed by atoms with Crippen molar-refractivity contribution < 1.29 is 0 Å². The van der Waals surface area contributed by atoms with E-state index in [0.717, 1.165) is 5.56 Å². The molecule has 0 saturated heterocycles. The van der Waals surface area contributed by atoms with Gasteiger partial charge >= 0.3 is 0 Å². The highest BCUT2D eigenvalue weighted by molar-refractivity contribution is 5.59. The maximum Gasteiger partial charge on any atom is 0.284 e. The molecule has 0 atom stereocenters. The van der Waals surface area contributed by atoms with Crippen LogP contribution in [0.3, 0.4) is 0 Å². The lowest BCUT2D eigenvalue weighted by atomic mass is 10.1. The average Bonchev–Trinajstić information content (AvgIpc) is 2.41. The molecule has 2 aromatic rings. The van der Waals surface area contributed by atoms with Crippen LogP contribution in [0.1, 0.15) is 19.4 Å². The van der Waals surface area contributed by atoms with Crippen molar-refractivity contribution in [3.05, 3.63) is 52.3 Å².